The molecule has 0 aromatic heterocycles. The van der Waals surface area contributed by atoms with Crippen molar-refractivity contribution in [2.75, 3.05) is 45.8 Å². The number of carbonyl (C=O) groups excluding carboxylic acids is 1. The summed E-state index contributed by atoms with van der Waals surface area (Å²) in [5.74, 6) is 1.64. The summed E-state index contributed by atoms with van der Waals surface area (Å²) in [4.78, 5) is 21.8. The van der Waals surface area contributed by atoms with Gasteiger partial charge in [-0.25, -0.2) is 0 Å². The van der Waals surface area contributed by atoms with Crippen molar-refractivity contribution in [3.8, 4) is 0 Å². The third kappa shape index (κ3) is 6.93. The lowest BCUT2D eigenvalue weighted by Gasteiger charge is -2.35. The average Bonchev–Trinajstić information content (AvgIpc) is 3.36. The van der Waals surface area contributed by atoms with Crippen LogP contribution in [0, 0.1) is 5.92 Å². The van der Waals surface area contributed by atoms with Crippen molar-refractivity contribution in [1.29, 1.82) is 0 Å². The van der Waals surface area contributed by atoms with E-state index in [1.54, 1.807) is 0 Å². The lowest BCUT2D eigenvalue weighted by molar-refractivity contribution is -0.137. The van der Waals surface area contributed by atoms with Crippen molar-refractivity contribution in [2.24, 2.45) is 10.9 Å². The van der Waals surface area contributed by atoms with Crippen LogP contribution in [0.5, 0.6) is 0 Å². The molecular formula is C20H36IN5O. The third-order valence-electron chi connectivity index (χ3n) is 5.77. The van der Waals surface area contributed by atoms with Crippen LogP contribution < -0.4 is 10.6 Å². The highest BCUT2D eigenvalue weighted by molar-refractivity contribution is 14.0. The zero-order valence-electron chi connectivity index (χ0n) is 16.7. The highest BCUT2D eigenvalue weighted by Crippen LogP contribution is 2.26. The van der Waals surface area contributed by atoms with E-state index in [1.165, 1.54) is 12.8 Å². The molecule has 2 aliphatic carbocycles. The van der Waals surface area contributed by atoms with Crippen LogP contribution in [0.3, 0.4) is 0 Å². The zero-order chi connectivity index (χ0) is 18.2. The van der Waals surface area contributed by atoms with Crippen LogP contribution in [0.4, 0.5) is 0 Å². The summed E-state index contributed by atoms with van der Waals surface area (Å²) in [6, 6.07) is 0.484. The molecule has 3 aliphatic rings. The molecule has 6 nitrogen and oxygen atoms in total. The summed E-state index contributed by atoms with van der Waals surface area (Å²) >= 11 is 0. The van der Waals surface area contributed by atoms with Gasteiger partial charge in [0.15, 0.2) is 5.96 Å². The molecular weight excluding hydrogens is 453 g/mol. The SMILES string of the molecule is CCNC(=NCCN1CCN(C(=O)C2CCCC2)CC1)NC1CC=CC1.I. The first kappa shape index (κ1) is 22.5. The molecule has 1 saturated heterocycles. The predicted molar refractivity (Wildman–Crippen MR) is 122 cm³/mol. The molecule has 1 aliphatic heterocycles. The molecule has 0 atom stereocenters. The first-order chi connectivity index (χ1) is 12.8. The molecule has 2 N–H and O–H groups in total. The minimum atomic E-state index is 0. The highest BCUT2D eigenvalue weighted by atomic mass is 127. The molecule has 1 saturated carbocycles. The Labute approximate surface area is 181 Å². The van der Waals surface area contributed by atoms with Crippen LogP contribution in [0.15, 0.2) is 17.1 Å². The Morgan fingerprint density at radius 1 is 1.11 bits per heavy atom. The topological polar surface area (TPSA) is 60.0 Å². The first-order valence-corrected chi connectivity index (χ1v) is 10.5. The summed E-state index contributed by atoms with van der Waals surface area (Å²) in [6.45, 7) is 8.46. The van der Waals surface area contributed by atoms with Crippen LogP contribution >= 0.6 is 24.0 Å². The van der Waals surface area contributed by atoms with Gasteiger partial charge in [-0.1, -0.05) is 25.0 Å². The maximum atomic E-state index is 12.5. The quantitative estimate of drug-likeness (QED) is 0.260. The molecule has 27 heavy (non-hydrogen) atoms. The summed E-state index contributed by atoms with van der Waals surface area (Å²) in [5, 5.41) is 6.85. The molecule has 0 radical (unpaired) electrons. The Hall–Kier alpha value is -0.830. The monoisotopic (exact) mass is 489 g/mol. The smallest absolute Gasteiger partial charge is 0.225 e. The van der Waals surface area contributed by atoms with E-state index in [0.717, 1.165) is 77.5 Å². The molecule has 3 rings (SSSR count). The van der Waals surface area contributed by atoms with Gasteiger partial charge in [0.1, 0.15) is 0 Å². The minimum Gasteiger partial charge on any atom is -0.357 e. The maximum absolute atomic E-state index is 12.5. The van der Waals surface area contributed by atoms with E-state index in [-0.39, 0.29) is 24.0 Å². The molecule has 2 fully saturated rings. The number of rotatable bonds is 6. The van der Waals surface area contributed by atoms with E-state index in [4.69, 9.17) is 4.99 Å². The predicted octanol–water partition coefficient (Wildman–Crippen LogP) is 2.21. The minimum absolute atomic E-state index is 0. The van der Waals surface area contributed by atoms with Crippen molar-refractivity contribution in [2.45, 2.75) is 51.5 Å². The van der Waals surface area contributed by atoms with Gasteiger partial charge < -0.3 is 15.5 Å². The van der Waals surface area contributed by atoms with E-state index in [9.17, 15) is 4.79 Å². The molecule has 0 unspecified atom stereocenters. The van der Waals surface area contributed by atoms with Crippen molar-refractivity contribution < 1.29 is 4.79 Å². The highest BCUT2D eigenvalue weighted by Gasteiger charge is 2.29. The molecule has 1 amide bonds. The van der Waals surface area contributed by atoms with Crippen molar-refractivity contribution in [1.82, 2.24) is 20.4 Å². The number of halogens is 1. The second-order valence-corrected chi connectivity index (χ2v) is 7.69. The summed E-state index contributed by atoms with van der Waals surface area (Å²) in [5.41, 5.74) is 0. The van der Waals surface area contributed by atoms with Gasteiger partial charge in [0.2, 0.25) is 5.91 Å². The Balaban J connectivity index is 0.00000261. The fourth-order valence-electron chi connectivity index (χ4n) is 4.17. The van der Waals surface area contributed by atoms with Crippen LogP contribution in [0.25, 0.3) is 0 Å². The molecule has 154 valence electrons. The lowest BCUT2D eigenvalue weighted by Crippen LogP contribution is -2.50. The summed E-state index contributed by atoms with van der Waals surface area (Å²) in [6.07, 6.45) is 11.3. The van der Waals surface area contributed by atoms with Gasteiger partial charge >= 0.3 is 0 Å². The normalized spacial score (nSPS) is 22.1. The zero-order valence-corrected chi connectivity index (χ0v) is 19.0. The molecule has 7 heteroatoms. The van der Waals surface area contributed by atoms with Gasteiger partial charge in [0.05, 0.1) is 6.54 Å². The number of hydrogen-bond acceptors (Lipinski definition) is 3. The Morgan fingerprint density at radius 3 is 2.41 bits per heavy atom. The molecule has 0 aromatic rings. The number of nitrogens with zero attached hydrogens (tertiary/aromatic N) is 3. The van der Waals surface area contributed by atoms with Crippen molar-refractivity contribution in [3.63, 3.8) is 0 Å². The van der Waals surface area contributed by atoms with Crippen LogP contribution in [-0.2, 0) is 4.79 Å². The number of amides is 1. The second kappa shape index (κ2) is 11.9. The van der Waals surface area contributed by atoms with E-state index in [1.807, 2.05) is 0 Å². The van der Waals surface area contributed by atoms with E-state index >= 15 is 0 Å². The first-order valence-electron chi connectivity index (χ1n) is 10.5. The van der Waals surface area contributed by atoms with E-state index in [0.29, 0.717) is 17.9 Å². The average molecular weight is 489 g/mol. The van der Waals surface area contributed by atoms with Gasteiger partial charge in [0, 0.05) is 51.2 Å². The maximum Gasteiger partial charge on any atom is 0.225 e. The Kier molecular flexibility index (Phi) is 9.89. The van der Waals surface area contributed by atoms with Gasteiger partial charge in [-0.3, -0.25) is 14.7 Å². The van der Waals surface area contributed by atoms with Gasteiger partial charge in [-0.15, -0.1) is 24.0 Å². The number of piperazine rings is 1. The summed E-state index contributed by atoms with van der Waals surface area (Å²) < 4.78 is 0. The molecule has 0 aromatic carbocycles. The van der Waals surface area contributed by atoms with Crippen LogP contribution in [0.1, 0.15) is 45.4 Å². The molecule has 0 spiro atoms. The Morgan fingerprint density at radius 2 is 1.78 bits per heavy atom. The number of guanidine groups is 1. The standard InChI is InChI=1S/C20H35N5O.HI/c1-2-21-20(23-18-9-5-6-10-18)22-11-12-24-13-15-25(16-14-24)19(26)17-7-3-4-8-17;/h5-6,17-18H,2-4,7-16H2,1H3,(H2,21,22,23);1H. The van der Waals surface area contributed by atoms with Crippen molar-refractivity contribution >= 4 is 35.8 Å². The molecule has 0 bridgehead atoms. The number of nitrogens with one attached hydrogen (secondary N) is 2. The van der Waals surface area contributed by atoms with Crippen LogP contribution in [0.2, 0.25) is 0 Å². The number of hydrogen-bond donors (Lipinski definition) is 2. The second-order valence-electron chi connectivity index (χ2n) is 7.69. The fraction of sp³-hybridized carbons (Fsp3) is 0.800. The van der Waals surface area contributed by atoms with Gasteiger partial charge in [-0.05, 0) is 32.6 Å². The van der Waals surface area contributed by atoms with Gasteiger partial charge in [-0.2, -0.15) is 0 Å². The largest absolute Gasteiger partial charge is 0.357 e. The van der Waals surface area contributed by atoms with Gasteiger partial charge in [0.25, 0.3) is 0 Å². The number of aliphatic imine (C=N–C) groups is 1. The number of carbonyl (C=O) groups is 1. The third-order valence-corrected chi connectivity index (χ3v) is 5.77. The lowest BCUT2D eigenvalue weighted by atomic mass is 10.1. The molecule has 1 heterocycles. The fourth-order valence-corrected chi connectivity index (χ4v) is 4.17. The van der Waals surface area contributed by atoms with Crippen LogP contribution in [-0.4, -0.2) is 73.5 Å². The Bertz CT molecular complexity index is 503. The van der Waals surface area contributed by atoms with E-state index < -0.39 is 0 Å². The van der Waals surface area contributed by atoms with Crippen molar-refractivity contribution in [3.05, 3.63) is 12.2 Å². The summed E-state index contributed by atoms with van der Waals surface area (Å²) in [7, 11) is 0. The van der Waals surface area contributed by atoms with E-state index in [2.05, 4.69) is 39.5 Å².